The van der Waals surface area contributed by atoms with Crippen LogP contribution < -0.4 is 5.32 Å². The van der Waals surface area contributed by atoms with E-state index in [9.17, 15) is 10.1 Å². The summed E-state index contributed by atoms with van der Waals surface area (Å²) in [6, 6.07) is 2.39. The van der Waals surface area contributed by atoms with Crippen molar-refractivity contribution >= 4 is 5.97 Å². The summed E-state index contributed by atoms with van der Waals surface area (Å²) in [5.74, 6) is 0.0907. The summed E-state index contributed by atoms with van der Waals surface area (Å²) in [4.78, 5) is 12.2. The summed E-state index contributed by atoms with van der Waals surface area (Å²) < 4.78 is 4.95. The van der Waals surface area contributed by atoms with E-state index in [4.69, 9.17) is 4.74 Å². The molecule has 1 aliphatic heterocycles. The largest absolute Gasteiger partial charge is 0.466 e. The Morgan fingerprint density at radius 2 is 1.95 bits per heavy atom. The van der Waals surface area contributed by atoms with E-state index in [1.165, 1.54) is 26.4 Å². The van der Waals surface area contributed by atoms with Gasteiger partial charge in [-0.1, -0.05) is 33.1 Å². The molecule has 0 aromatic heterocycles. The average Bonchev–Trinajstić information content (AvgIpc) is 2.53. The fourth-order valence-electron chi connectivity index (χ4n) is 3.78. The molecule has 4 heteroatoms. The maximum Gasteiger partial charge on any atom is 0.336 e. The average molecular weight is 302 g/mol. The predicted molar refractivity (Wildman–Crippen MR) is 85.4 cm³/mol. The van der Waals surface area contributed by atoms with E-state index in [0.29, 0.717) is 11.5 Å². The lowest BCUT2D eigenvalue weighted by atomic mass is 9.74. The molecular formula is C18H26N2O2. The lowest BCUT2D eigenvalue weighted by molar-refractivity contribution is -0.136. The summed E-state index contributed by atoms with van der Waals surface area (Å²) in [5, 5.41) is 13.1. The molecule has 0 bridgehead atoms. The van der Waals surface area contributed by atoms with Gasteiger partial charge < -0.3 is 10.1 Å². The summed E-state index contributed by atoms with van der Waals surface area (Å²) in [5.41, 5.74) is 3.22. The standard InChI is InChI=1S/C18H26N2O2/c1-11(2)15-14(10-19)17(13-8-6-5-7-9-13)20-12(3)16(15)18(21)22-4/h11,13,15,20H,5-9H2,1-4H3. The fraction of sp³-hybridized carbons (Fsp3) is 0.667. The van der Waals surface area contributed by atoms with E-state index < -0.39 is 0 Å². The van der Waals surface area contributed by atoms with Gasteiger partial charge in [-0.25, -0.2) is 4.79 Å². The number of hydrogen-bond acceptors (Lipinski definition) is 4. The quantitative estimate of drug-likeness (QED) is 0.808. The Balaban J connectivity index is 2.46. The molecule has 0 amide bonds. The molecule has 0 radical (unpaired) electrons. The van der Waals surface area contributed by atoms with Gasteiger partial charge in [0.05, 0.1) is 24.3 Å². The van der Waals surface area contributed by atoms with E-state index in [-0.39, 0.29) is 17.8 Å². The Bertz CT molecular complexity index is 546. The Morgan fingerprint density at radius 1 is 1.32 bits per heavy atom. The molecule has 2 aliphatic rings. The number of nitrogens with one attached hydrogen (secondary N) is 1. The topological polar surface area (TPSA) is 62.1 Å². The number of esters is 1. The highest BCUT2D eigenvalue weighted by Crippen LogP contribution is 2.40. The van der Waals surface area contributed by atoms with Crippen molar-refractivity contribution in [2.45, 2.75) is 52.9 Å². The highest BCUT2D eigenvalue weighted by atomic mass is 16.5. The number of nitriles is 1. The van der Waals surface area contributed by atoms with Crippen molar-refractivity contribution in [3.63, 3.8) is 0 Å². The minimum absolute atomic E-state index is 0.171. The number of carbonyl (C=O) groups is 1. The Morgan fingerprint density at radius 3 is 2.45 bits per heavy atom. The van der Waals surface area contributed by atoms with Crippen molar-refractivity contribution in [1.82, 2.24) is 5.32 Å². The Kier molecular flexibility index (Phi) is 5.28. The third kappa shape index (κ3) is 3.04. The van der Waals surface area contributed by atoms with E-state index in [1.807, 2.05) is 6.92 Å². The first-order chi connectivity index (χ1) is 10.5. The molecule has 120 valence electrons. The smallest absolute Gasteiger partial charge is 0.336 e. The van der Waals surface area contributed by atoms with Crippen molar-refractivity contribution in [3.05, 3.63) is 22.5 Å². The molecule has 1 heterocycles. The van der Waals surface area contributed by atoms with Gasteiger partial charge in [-0.15, -0.1) is 0 Å². The second kappa shape index (κ2) is 7.00. The predicted octanol–water partition coefficient (Wildman–Crippen LogP) is 3.67. The van der Waals surface area contributed by atoms with Gasteiger partial charge in [0, 0.05) is 23.2 Å². The molecule has 4 nitrogen and oxygen atoms in total. The number of allylic oxidation sites excluding steroid dienone is 3. The molecule has 2 rings (SSSR count). The molecule has 0 aromatic rings. The summed E-state index contributed by atoms with van der Waals surface area (Å²) in [6.45, 7) is 6.03. The highest BCUT2D eigenvalue weighted by Gasteiger charge is 2.37. The van der Waals surface area contributed by atoms with Crippen molar-refractivity contribution in [1.29, 1.82) is 5.26 Å². The number of rotatable bonds is 3. The van der Waals surface area contributed by atoms with E-state index >= 15 is 0 Å². The van der Waals surface area contributed by atoms with E-state index in [1.54, 1.807) is 0 Å². The zero-order valence-electron chi connectivity index (χ0n) is 14.0. The second-order valence-corrected chi connectivity index (χ2v) is 6.65. The van der Waals surface area contributed by atoms with Crippen LogP contribution in [0.4, 0.5) is 0 Å². The molecular weight excluding hydrogens is 276 g/mol. The molecule has 1 saturated carbocycles. The first-order valence-corrected chi connectivity index (χ1v) is 8.21. The monoisotopic (exact) mass is 302 g/mol. The molecule has 22 heavy (non-hydrogen) atoms. The van der Waals surface area contributed by atoms with Crippen LogP contribution in [0.1, 0.15) is 52.9 Å². The van der Waals surface area contributed by atoms with Gasteiger partial charge in [0.1, 0.15) is 0 Å². The van der Waals surface area contributed by atoms with Crippen molar-refractivity contribution in [3.8, 4) is 6.07 Å². The Labute approximate surface area is 133 Å². The maximum absolute atomic E-state index is 12.2. The van der Waals surface area contributed by atoms with Gasteiger partial charge in [0.25, 0.3) is 0 Å². The molecule has 0 saturated heterocycles. The maximum atomic E-state index is 12.2. The SMILES string of the molecule is COC(=O)C1=C(C)NC(C2CCCCC2)=C(C#N)C1C(C)C. The van der Waals surface area contributed by atoms with Crippen molar-refractivity contribution in [2.75, 3.05) is 7.11 Å². The first kappa shape index (κ1) is 16.6. The van der Waals surface area contributed by atoms with Crippen LogP contribution in [0.15, 0.2) is 22.5 Å². The van der Waals surface area contributed by atoms with Crippen molar-refractivity contribution < 1.29 is 9.53 Å². The van der Waals surface area contributed by atoms with Gasteiger partial charge in [0.15, 0.2) is 0 Å². The van der Waals surface area contributed by atoms with Crippen LogP contribution in [0.5, 0.6) is 0 Å². The van der Waals surface area contributed by atoms with Crippen LogP contribution in [-0.2, 0) is 9.53 Å². The number of dihydropyridines is 1. The fourth-order valence-corrected chi connectivity index (χ4v) is 3.78. The van der Waals surface area contributed by atoms with Crippen LogP contribution in [0.3, 0.4) is 0 Å². The van der Waals surface area contributed by atoms with Crippen LogP contribution in [0.25, 0.3) is 0 Å². The molecule has 1 N–H and O–H groups in total. The number of nitrogens with zero attached hydrogens (tertiary/aromatic N) is 1. The van der Waals surface area contributed by atoms with Gasteiger partial charge >= 0.3 is 5.97 Å². The highest BCUT2D eigenvalue weighted by molar-refractivity contribution is 5.91. The molecule has 1 aliphatic carbocycles. The minimum Gasteiger partial charge on any atom is -0.466 e. The first-order valence-electron chi connectivity index (χ1n) is 8.21. The third-order valence-electron chi connectivity index (χ3n) is 4.84. The zero-order valence-corrected chi connectivity index (χ0v) is 14.0. The number of ether oxygens (including phenoxy) is 1. The van der Waals surface area contributed by atoms with Gasteiger partial charge in [-0.3, -0.25) is 0 Å². The lowest BCUT2D eigenvalue weighted by Gasteiger charge is -2.35. The normalized spacial score (nSPS) is 23.4. The number of methoxy groups -OCH3 is 1. The summed E-state index contributed by atoms with van der Waals surface area (Å²) >= 11 is 0. The second-order valence-electron chi connectivity index (χ2n) is 6.65. The summed E-state index contributed by atoms with van der Waals surface area (Å²) in [6.07, 6.45) is 5.96. The van der Waals surface area contributed by atoms with E-state index in [0.717, 1.165) is 29.8 Å². The molecule has 1 unspecified atom stereocenters. The van der Waals surface area contributed by atoms with Crippen LogP contribution in [-0.4, -0.2) is 13.1 Å². The molecule has 0 aromatic carbocycles. The van der Waals surface area contributed by atoms with Crippen LogP contribution in [0, 0.1) is 29.1 Å². The molecule has 1 atom stereocenters. The van der Waals surface area contributed by atoms with Gasteiger partial charge in [0.2, 0.25) is 0 Å². The van der Waals surface area contributed by atoms with Crippen LogP contribution >= 0.6 is 0 Å². The number of hydrogen-bond donors (Lipinski definition) is 1. The number of carbonyl (C=O) groups excluding carboxylic acids is 1. The van der Waals surface area contributed by atoms with Crippen molar-refractivity contribution in [2.24, 2.45) is 17.8 Å². The zero-order chi connectivity index (χ0) is 16.3. The lowest BCUT2D eigenvalue weighted by Crippen LogP contribution is -2.35. The van der Waals surface area contributed by atoms with Crippen LogP contribution in [0.2, 0.25) is 0 Å². The molecule has 0 spiro atoms. The van der Waals surface area contributed by atoms with Gasteiger partial charge in [-0.05, 0) is 25.7 Å². The third-order valence-corrected chi connectivity index (χ3v) is 4.84. The molecule has 1 fully saturated rings. The Hall–Kier alpha value is -1.76. The summed E-state index contributed by atoms with van der Waals surface area (Å²) in [7, 11) is 1.40. The van der Waals surface area contributed by atoms with Gasteiger partial charge in [-0.2, -0.15) is 5.26 Å². The minimum atomic E-state index is -0.334. The van der Waals surface area contributed by atoms with E-state index in [2.05, 4.69) is 25.2 Å².